The minimum atomic E-state index is 0.0612. The average molecular weight is 305 g/mol. The van der Waals surface area contributed by atoms with Crippen molar-refractivity contribution in [3.8, 4) is 11.5 Å². The molecule has 0 aliphatic rings. The SMILES string of the molecule is Oc1cc(O)cc(N(Cc2ccccc2)Cc2ccccc2)c1. The van der Waals surface area contributed by atoms with E-state index in [1.165, 1.54) is 17.2 Å². The first-order chi connectivity index (χ1) is 11.2. The fourth-order valence-electron chi connectivity index (χ4n) is 2.61. The fraction of sp³-hybridized carbons (Fsp3) is 0.100. The van der Waals surface area contributed by atoms with Crippen molar-refractivity contribution in [2.24, 2.45) is 0 Å². The summed E-state index contributed by atoms with van der Waals surface area (Å²) >= 11 is 0. The Morgan fingerprint density at radius 2 is 1.04 bits per heavy atom. The number of phenolic OH excluding ortho intramolecular Hbond substituents is 2. The number of benzene rings is 3. The maximum atomic E-state index is 9.79. The standard InChI is InChI=1S/C20H19NO2/c22-19-11-18(12-20(23)13-19)21(14-16-7-3-1-4-8-16)15-17-9-5-2-6-10-17/h1-13,22-23H,14-15H2. The molecule has 0 aromatic heterocycles. The first-order valence-electron chi connectivity index (χ1n) is 7.56. The van der Waals surface area contributed by atoms with Gasteiger partial charge in [-0.05, 0) is 11.1 Å². The molecule has 3 aromatic carbocycles. The Hall–Kier alpha value is -2.94. The number of rotatable bonds is 5. The van der Waals surface area contributed by atoms with Gasteiger partial charge in [0.2, 0.25) is 0 Å². The van der Waals surface area contributed by atoms with Crippen molar-refractivity contribution in [3.63, 3.8) is 0 Å². The molecule has 0 bridgehead atoms. The van der Waals surface area contributed by atoms with Gasteiger partial charge in [0.05, 0.1) is 0 Å². The van der Waals surface area contributed by atoms with Crippen molar-refractivity contribution in [1.29, 1.82) is 0 Å². The third-order valence-corrected chi connectivity index (χ3v) is 3.68. The van der Waals surface area contributed by atoms with Crippen LogP contribution in [-0.4, -0.2) is 10.2 Å². The molecule has 0 fully saturated rings. The Labute approximate surface area is 136 Å². The van der Waals surface area contributed by atoms with Crippen LogP contribution in [0.1, 0.15) is 11.1 Å². The van der Waals surface area contributed by atoms with E-state index in [0.29, 0.717) is 13.1 Å². The van der Waals surface area contributed by atoms with Crippen LogP contribution in [0.3, 0.4) is 0 Å². The summed E-state index contributed by atoms with van der Waals surface area (Å²) in [6, 6.07) is 25.0. The van der Waals surface area contributed by atoms with Crippen molar-refractivity contribution in [3.05, 3.63) is 90.0 Å². The second-order valence-electron chi connectivity index (χ2n) is 5.53. The summed E-state index contributed by atoms with van der Waals surface area (Å²) in [4.78, 5) is 2.13. The molecule has 0 saturated heterocycles. The van der Waals surface area contributed by atoms with E-state index in [1.807, 2.05) is 36.4 Å². The van der Waals surface area contributed by atoms with Crippen molar-refractivity contribution < 1.29 is 10.2 Å². The molecule has 0 atom stereocenters. The molecule has 3 aromatic rings. The zero-order valence-electron chi connectivity index (χ0n) is 12.8. The fourth-order valence-corrected chi connectivity index (χ4v) is 2.61. The largest absolute Gasteiger partial charge is 0.508 e. The highest BCUT2D eigenvalue weighted by atomic mass is 16.3. The van der Waals surface area contributed by atoms with Crippen molar-refractivity contribution >= 4 is 5.69 Å². The maximum absolute atomic E-state index is 9.79. The van der Waals surface area contributed by atoms with Gasteiger partial charge < -0.3 is 15.1 Å². The summed E-state index contributed by atoms with van der Waals surface area (Å²) in [6.45, 7) is 1.39. The van der Waals surface area contributed by atoms with E-state index in [2.05, 4.69) is 29.2 Å². The average Bonchev–Trinajstić information content (AvgIpc) is 2.55. The summed E-state index contributed by atoms with van der Waals surface area (Å²) < 4.78 is 0. The number of phenols is 2. The van der Waals surface area contributed by atoms with Crippen LogP contribution < -0.4 is 4.90 Å². The van der Waals surface area contributed by atoms with Crippen molar-refractivity contribution in [2.45, 2.75) is 13.1 Å². The summed E-state index contributed by atoms with van der Waals surface area (Å²) in [5.74, 6) is 0.122. The number of hydrogen-bond donors (Lipinski definition) is 2. The Bertz CT molecular complexity index is 695. The molecule has 0 aliphatic heterocycles. The molecular formula is C20H19NO2. The van der Waals surface area contributed by atoms with Gasteiger partial charge in [-0.15, -0.1) is 0 Å². The smallest absolute Gasteiger partial charge is 0.121 e. The first kappa shape index (κ1) is 15.0. The van der Waals surface area contributed by atoms with Gasteiger partial charge in [-0.3, -0.25) is 0 Å². The van der Waals surface area contributed by atoms with Gasteiger partial charge in [0.25, 0.3) is 0 Å². The molecule has 0 spiro atoms. The van der Waals surface area contributed by atoms with E-state index in [4.69, 9.17) is 0 Å². The van der Waals surface area contributed by atoms with Crippen LogP contribution in [0.15, 0.2) is 78.9 Å². The quantitative estimate of drug-likeness (QED) is 0.738. The molecule has 3 rings (SSSR count). The molecule has 116 valence electrons. The lowest BCUT2D eigenvalue weighted by Gasteiger charge is -2.25. The molecule has 3 heteroatoms. The third kappa shape index (κ3) is 4.04. The van der Waals surface area contributed by atoms with Crippen LogP contribution in [0, 0.1) is 0 Å². The first-order valence-corrected chi connectivity index (χ1v) is 7.56. The van der Waals surface area contributed by atoms with Crippen LogP contribution in [0.25, 0.3) is 0 Å². The Morgan fingerprint density at radius 1 is 0.609 bits per heavy atom. The molecule has 2 N–H and O–H groups in total. The number of anilines is 1. The second kappa shape index (κ2) is 6.88. The molecule has 3 nitrogen and oxygen atoms in total. The van der Waals surface area contributed by atoms with Gasteiger partial charge in [-0.1, -0.05) is 60.7 Å². The lowest BCUT2D eigenvalue weighted by molar-refractivity contribution is 0.450. The van der Waals surface area contributed by atoms with Crippen LogP contribution in [0.2, 0.25) is 0 Å². The van der Waals surface area contributed by atoms with Crippen LogP contribution in [-0.2, 0) is 13.1 Å². The van der Waals surface area contributed by atoms with Gasteiger partial charge in [0.15, 0.2) is 0 Å². The van der Waals surface area contributed by atoms with Gasteiger partial charge in [-0.2, -0.15) is 0 Å². The van der Waals surface area contributed by atoms with E-state index < -0.39 is 0 Å². The monoisotopic (exact) mass is 305 g/mol. The van der Waals surface area contributed by atoms with Gasteiger partial charge in [0.1, 0.15) is 11.5 Å². The topological polar surface area (TPSA) is 43.7 Å². The number of hydrogen-bond acceptors (Lipinski definition) is 3. The predicted molar refractivity (Wildman–Crippen MR) is 92.5 cm³/mol. The summed E-state index contributed by atoms with van der Waals surface area (Å²) in [7, 11) is 0. The Kier molecular flexibility index (Phi) is 4.48. The second-order valence-corrected chi connectivity index (χ2v) is 5.53. The Balaban J connectivity index is 1.92. The molecule has 0 radical (unpaired) electrons. The van der Waals surface area contributed by atoms with E-state index in [-0.39, 0.29) is 11.5 Å². The molecule has 0 amide bonds. The highest BCUT2D eigenvalue weighted by molar-refractivity contribution is 5.55. The van der Waals surface area contributed by atoms with E-state index in [1.54, 1.807) is 12.1 Å². The summed E-state index contributed by atoms with van der Waals surface area (Å²) in [5.41, 5.74) is 3.13. The third-order valence-electron chi connectivity index (χ3n) is 3.68. The van der Waals surface area contributed by atoms with Crippen LogP contribution in [0.5, 0.6) is 11.5 Å². The van der Waals surface area contributed by atoms with Gasteiger partial charge in [-0.25, -0.2) is 0 Å². The number of nitrogens with zero attached hydrogens (tertiary/aromatic N) is 1. The normalized spacial score (nSPS) is 10.4. The lowest BCUT2D eigenvalue weighted by atomic mass is 10.1. The zero-order chi connectivity index (χ0) is 16.1. The van der Waals surface area contributed by atoms with Crippen LogP contribution in [0.4, 0.5) is 5.69 Å². The van der Waals surface area contributed by atoms with E-state index in [0.717, 1.165) is 5.69 Å². The van der Waals surface area contributed by atoms with E-state index in [9.17, 15) is 10.2 Å². The molecule has 0 saturated carbocycles. The number of aromatic hydroxyl groups is 2. The predicted octanol–water partition coefficient (Wildman–Crippen LogP) is 4.30. The molecular weight excluding hydrogens is 286 g/mol. The van der Waals surface area contributed by atoms with Crippen molar-refractivity contribution in [1.82, 2.24) is 0 Å². The molecule has 0 aliphatic carbocycles. The minimum Gasteiger partial charge on any atom is -0.508 e. The molecule has 0 heterocycles. The maximum Gasteiger partial charge on any atom is 0.121 e. The highest BCUT2D eigenvalue weighted by Crippen LogP contribution is 2.29. The molecule has 0 unspecified atom stereocenters. The van der Waals surface area contributed by atoms with Gasteiger partial charge in [0, 0.05) is 37.0 Å². The highest BCUT2D eigenvalue weighted by Gasteiger charge is 2.11. The Morgan fingerprint density at radius 3 is 1.48 bits per heavy atom. The summed E-state index contributed by atoms with van der Waals surface area (Å²) in [5, 5.41) is 19.6. The summed E-state index contributed by atoms with van der Waals surface area (Å²) in [6.07, 6.45) is 0. The van der Waals surface area contributed by atoms with Crippen LogP contribution >= 0.6 is 0 Å². The lowest BCUT2D eigenvalue weighted by Crippen LogP contribution is -2.22. The minimum absolute atomic E-state index is 0.0612. The van der Waals surface area contributed by atoms with E-state index >= 15 is 0 Å². The van der Waals surface area contributed by atoms with Gasteiger partial charge >= 0.3 is 0 Å². The molecule has 23 heavy (non-hydrogen) atoms. The zero-order valence-corrected chi connectivity index (χ0v) is 12.8. The van der Waals surface area contributed by atoms with Crippen molar-refractivity contribution in [2.75, 3.05) is 4.90 Å².